The number of hydrogen-bond acceptors (Lipinski definition) is 3. The summed E-state index contributed by atoms with van der Waals surface area (Å²) in [4.78, 5) is 12.8. The van der Waals surface area contributed by atoms with Crippen LogP contribution in [0.15, 0.2) is 18.2 Å². The maximum Gasteiger partial charge on any atom is 0.337 e. The third kappa shape index (κ3) is 3.95. The van der Waals surface area contributed by atoms with Gasteiger partial charge >= 0.3 is 5.97 Å². The van der Waals surface area contributed by atoms with Gasteiger partial charge in [-0.25, -0.2) is 9.18 Å². The van der Waals surface area contributed by atoms with Crippen molar-refractivity contribution in [2.45, 2.75) is 20.3 Å². The normalized spacial score (nSPS) is 10.3. The molecule has 0 aliphatic carbocycles. The number of rotatable bonds is 6. The zero-order chi connectivity index (χ0) is 14.4. The van der Waals surface area contributed by atoms with Crippen molar-refractivity contribution in [3.05, 3.63) is 29.6 Å². The number of carboxylic acids is 1. The number of anilines is 1. The Labute approximate surface area is 112 Å². The summed E-state index contributed by atoms with van der Waals surface area (Å²) in [5, 5.41) is 17.8. The molecule has 0 atom stereocenters. The molecule has 1 N–H and O–H groups in total. The predicted octanol–water partition coefficient (Wildman–Crippen LogP) is 2.90. The molecule has 1 rings (SSSR count). The molecular formula is C14H17FN2O2. The fourth-order valence-electron chi connectivity index (χ4n) is 1.93. The summed E-state index contributed by atoms with van der Waals surface area (Å²) in [6.45, 7) is 4.74. The van der Waals surface area contributed by atoms with Gasteiger partial charge in [0.25, 0.3) is 0 Å². The molecule has 0 heterocycles. The first-order valence-corrected chi connectivity index (χ1v) is 6.11. The lowest BCUT2D eigenvalue weighted by molar-refractivity contribution is 0.0697. The number of para-hydroxylation sites is 1. The van der Waals surface area contributed by atoms with Gasteiger partial charge in [-0.1, -0.05) is 19.9 Å². The van der Waals surface area contributed by atoms with Crippen molar-refractivity contribution in [2.24, 2.45) is 5.92 Å². The molecule has 0 spiro atoms. The number of nitriles is 1. The molecule has 5 heteroatoms. The molecule has 0 aliphatic heterocycles. The Kier molecular flexibility index (Phi) is 5.31. The second-order valence-corrected chi connectivity index (χ2v) is 4.69. The van der Waals surface area contributed by atoms with E-state index in [4.69, 9.17) is 10.4 Å². The zero-order valence-corrected chi connectivity index (χ0v) is 11.1. The minimum absolute atomic E-state index is 0.0685. The molecule has 0 amide bonds. The van der Waals surface area contributed by atoms with Crippen LogP contribution in [0.1, 0.15) is 30.6 Å². The Morgan fingerprint density at radius 3 is 2.74 bits per heavy atom. The predicted molar refractivity (Wildman–Crippen MR) is 70.6 cm³/mol. The van der Waals surface area contributed by atoms with Gasteiger partial charge in [0.15, 0.2) is 0 Å². The topological polar surface area (TPSA) is 64.3 Å². The van der Waals surface area contributed by atoms with E-state index in [0.717, 1.165) is 0 Å². The lowest BCUT2D eigenvalue weighted by atomic mass is 10.1. The Morgan fingerprint density at radius 1 is 1.53 bits per heavy atom. The SMILES string of the molecule is CC(C)CN(CCC#N)c1c(F)cccc1C(=O)O. The van der Waals surface area contributed by atoms with Crippen molar-refractivity contribution < 1.29 is 14.3 Å². The molecule has 1 aromatic rings. The van der Waals surface area contributed by atoms with Crippen LogP contribution in [0.4, 0.5) is 10.1 Å². The maximum absolute atomic E-state index is 14.0. The maximum atomic E-state index is 14.0. The largest absolute Gasteiger partial charge is 0.478 e. The molecule has 0 saturated heterocycles. The zero-order valence-electron chi connectivity index (χ0n) is 11.1. The molecule has 0 unspecified atom stereocenters. The van der Waals surface area contributed by atoms with E-state index in [1.807, 2.05) is 19.9 Å². The molecule has 0 saturated carbocycles. The van der Waals surface area contributed by atoms with E-state index in [1.54, 1.807) is 4.90 Å². The number of halogens is 1. The Bertz CT molecular complexity index is 495. The molecule has 0 aromatic heterocycles. The van der Waals surface area contributed by atoms with E-state index in [9.17, 15) is 9.18 Å². The minimum Gasteiger partial charge on any atom is -0.478 e. The summed E-state index contributed by atoms with van der Waals surface area (Å²) in [6, 6.07) is 5.99. The Balaban J connectivity index is 3.20. The summed E-state index contributed by atoms with van der Waals surface area (Å²) in [5.74, 6) is -1.50. The molecule has 0 aliphatic rings. The van der Waals surface area contributed by atoms with Crippen molar-refractivity contribution in [3.63, 3.8) is 0 Å². The number of carboxylic acid groups (broad SMARTS) is 1. The van der Waals surface area contributed by atoms with Gasteiger partial charge in [-0.2, -0.15) is 5.26 Å². The highest BCUT2D eigenvalue weighted by Gasteiger charge is 2.20. The van der Waals surface area contributed by atoms with Gasteiger partial charge in [-0.15, -0.1) is 0 Å². The van der Waals surface area contributed by atoms with Crippen molar-refractivity contribution in [3.8, 4) is 6.07 Å². The van der Waals surface area contributed by atoms with Crippen molar-refractivity contribution >= 4 is 11.7 Å². The number of carbonyl (C=O) groups is 1. The van der Waals surface area contributed by atoms with Crippen LogP contribution in [0, 0.1) is 23.1 Å². The van der Waals surface area contributed by atoms with Crippen LogP contribution in [0.2, 0.25) is 0 Å². The van der Waals surface area contributed by atoms with Crippen LogP contribution in [0.25, 0.3) is 0 Å². The third-order valence-corrected chi connectivity index (χ3v) is 2.61. The second-order valence-electron chi connectivity index (χ2n) is 4.69. The fourth-order valence-corrected chi connectivity index (χ4v) is 1.93. The average molecular weight is 264 g/mol. The van der Waals surface area contributed by atoms with E-state index in [2.05, 4.69) is 0 Å². The number of nitrogens with zero attached hydrogens (tertiary/aromatic N) is 2. The van der Waals surface area contributed by atoms with E-state index in [0.29, 0.717) is 13.1 Å². The lowest BCUT2D eigenvalue weighted by Crippen LogP contribution is -2.31. The summed E-state index contributed by atoms with van der Waals surface area (Å²) >= 11 is 0. The summed E-state index contributed by atoms with van der Waals surface area (Å²) in [7, 11) is 0. The first-order chi connectivity index (χ1) is 8.97. The first-order valence-electron chi connectivity index (χ1n) is 6.11. The van der Waals surface area contributed by atoms with Crippen LogP contribution < -0.4 is 4.90 Å². The number of hydrogen-bond donors (Lipinski definition) is 1. The highest BCUT2D eigenvalue weighted by molar-refractivity contribution is 5.94. The minimum atomic E-state index is -1.17. The molecule has 0 radical (unpaired) electrons. The first kappa shape index (κ1) is 15.0. The van der Waals surface area contributed by atoms with Crippen LogP contribution >= 0.6 is 0 Å². The van der Waals surface area contributed by atoms with Crippen molar-refractivity contribution in [1.29, 1.82) is 5.26 Å². The molecule has 19 heavy (non-hydrogen) atoms. The van der Waals surface area contributed by atoms with Crippen LogP contribution in [-0.4, -0.2) is 24.2 Å². The quantitative estimate of drug-likeness (QED) is 0.858. The summed E-state index contributed by atoms with van der Waals surface area (Å²) in [6.07, 6.45) is 0.222. The number of aromatic carboxylic acids is 1. The van der Waals surface area contributed by atoms with Crippen molar-refractivity contribution in [1.82, 2.24) is 0 Å². The highest BCUT2D eigenvalue weighted by Crippen LogP contribution is 2.25. The molecule has 0 fully saturated rings. The average Bonchev–Trinajstić information content (AvgIpc) is 2.33. The van der Waals surface area contributed by atoms with Crippen molar-refractivity contribution in [2.75, 3.05) is 18.0 Å². The lowest BCUT2D eigenvalue weighted by Gasteiger charge is -2.27. The van der Waals surface area contributed by atoms with Gasteiger partial charge in [0, 0.05) is 13.1 Å². The smallest absolute Gasteiger partial charge is 0.337 e. The monoisotopic (exact) mass is 264 g/mol. The summed E-state index contributed by atoms with van der Waals surface area (Å²) in [5.41, 5.74) is -0.00228. The highest BCUT2D eigenvalue weighted by atomic mass is 19.1. The van der Waals surface area contributed by atoms with Gasteiger partial charge < -0.3 is 10.0 Å². The Morgan fingerprint density at radius 2 is 2.21 bits per heavy atom. The van der Waals surface area contributed by atoms with E-state index >= 15 is 0 Å². The Hall–Kier alpha value is -2.09. The van der Waals surface area contributed by atoms with E-state index in [1.165, 1.54) is 18.2 Å². The fraction of sp³-hybridized carbons (Fsp3) is 0.429. The van der Waals surface area contributed by atoms with E-state index in [-0.39, 0.29) is 23.6 Å². The molecule has 102 valence electrons. The van der Waals surface area contributed by atoms with Gasteiger partial charge in [0.05, 0.1) is 23.7 Å². The standard InChI is InChI=1S/C14H17FN2O2/c1-10(2)9-17(8-4-7-16)13-11(14(18)19)5-3-6-12(13)15/h3,5-6,10H,4,8-9H2,1-2H3,(H,18,19). The summed E-state index contributed by atoms with van der Waals surface area (Å²) < 4.78 is 14.0. The number of benzene rings is 1. The van der Waals surface area contributed by atoms with Crippen LogP contribution in [-0.2, 0) is 0 Å². The molecule has 1 aromatic carbocycles. The molecule has 4 nitrogen and oxygen atoms in total. The van der Waals surface area contributed by atoms with Gasteiger partial charge in [-0.3, -0.25) is 0 Å². The second kappa shape index (κ2) is 6.74. The third-order valence-electron chi connectivity index (χ3n) is 2.61. The van der Waals surface area contributed by atoms with E-state index < -0.39 is 11.8 Å². The van der Waals surface area contributed by atoms with Crippen LogP contribution in [0.5, 0.6) is 0 Å². The van der Waals surface area contributed by atoms with Gasteiger partial charge in [-0.05, 0) is 18.1 Å². The molecule has 0 bridgehead atoms. The van der Waals surface area contributed by atoms with Crippen LogP contribution in [0.3, 0.4) is 0 Å². The van der Waals surface area contributed by atoms with Gasteiger partial charge in [0.2, 0.25) is 0 Å². The van der Waals surface area contributed by atoms with Gasteiger partial charge in [0.1, 0.15) is 5.82 Å². The molecular weight excluding hydrogens is 247 g/mol.